The number of carbonyl (C=O) groups is 1. The average molecular weight is 242 g/mol. The molecule has 98 valence electrons. The van der Waals surface area contributed by atoms with E-state index >= 15 is 0 Å². The van der Waals surface area contributed by atoms with E-state index < -0.39 is 0 Å². The second-order valence-electron chi connectivity index (χ2n) is 4.94. The molecule has 2 fully saturated rings. The molecule has 6 heteroatoms. The Balaban J connectivity index is 1.72. The van der Waals surface area contributed by atoms with Crippen molar-refractivity contribution in [2.75, 3.05) is 39.8 Å². The van der Waals surface area contributed by atoms with E-state index in [0.717, 1.165) is 45.6 Å². The van der Waals surface area contributed by atoms with Crippen molar-refractivity contribution >= 4 is 5.91 Å². The van der Waals surface area contributed by atoms with Gasteiger partial charge in [0.1, 0.15) is 6.10 Å². The second kappa shape index (κ2) is 5.77. The van der Waals surface area contributed by atoms with E-state index in [2.05, 4.69) is 22.3 Å². The van der Waals surface area contributed by atoms with Crippen LogP contribution in [-0.4, -0.2) is 67.7 Å². The highest BCUT2D eigenvalue weighted by atomic mass is 16.5. The molecule has 17 heavy (non-hydrogen) atoms. The molecule has 2 unspecified atom stereocenters. The SMILES string of the molecule is CN1CCN(CC2CCC(C(=O)NN)O2)CC1. The van der Waals surface area contributed by atoms with Crippen LogP contribution in [0.25, 0.3) is 0 Å². The molecule has 2 aliphatic rings. The van der Waals surface area contributed by atoms with Gasteiger partial charge < -0.3 is 9.64 Å². The summed E-state index contributed by atoms with van der Waals surface area (Å²) in [6.07, 6.45) is 1.56. The van der Waals surface area contributed by atoms with E-state index in [0.29, 0.717) is 0 Å². The maximum absolute atomic E-state index is 11.3. The highest BCUT2D eigenvalue weighted by Crippen LogP contribution is 2.20. The summed E-state index contributed by atoms with van der Waals surface area (Å²) in [5.74, 6) is 4.90. The van der Waals surface area contributed by atoms with Crippen molar-refractivity contribution in [3.05, 3.63) is 0 Å². The van der Waals surface area contributed by atoms with Crippen LogP contribution in [-0.2, 0) is 9.53 Å². The van der Waals surface area contributed by atoms with Gasteiger partial charge in [-0.1, -0.05) is 0 Å². The second-order valence-corrected chi connectivity index (χ2v) is 4.94. The number of hydrogen-bond acceptors (Lipinski definition) is 5. The van der Waals surface area contributed by atoms with Gasteiger partial charge in [0, 0.05) is 32.7 Å². The molecule has 2 aliphatic heterocycles. The zero-order valence-electron chi connectivity index (χ0n) is 10.4. The maximum atomic E-state index is 11.3. The summed E-state index contributed by atoms with van der Waals surface area (Å²) in [4.78, 5) is 16.1. The molecule has 0 spiro atoms. The number of likely N-dealkylation sites (N-methyl/N-ethyl adjacent to an activating group) is 1. The molecular formula is C11H22N4O2. The van der Waals surface area contributed by atoms with E-state index in [-0.39, 0.29) is 18.1 Å². The van der Waals surface area contributed by atoms with Crippen LogP contribution >= 0.6 is 0 Å². The predicted molar refractivity (Wildman–Crippen MR) is 64.2 cm³/mol. The molecule has 0 radical (unpaired) electrons. The fraction of sp³-hybridized carbons (Fsp3) is 0.909. The summed E-state index contributed by atoms with van der Waals surface area (Å²) in [6, 6.07) is 0. The Morgan fingerprint density at radius 3 is 2.71 bits per heavy atom. The number of hydrazine groups is 1. The van der Waals surface area contributed by atoms with Crippen LogP contribution in [0.1, 0.15) is 12.8 Å². The molecular weight excluding hydrogens is 220 g/mol. The Morgan fingerprint density at radius 2 is 2.06 bits per heavy atom. The number of hydrogen-bond donors (Lipinski definition) is 2. The summed E-state index contributed by atoms with van der Waals surface area (Å²) in [5, 5.41) is 0. The van der Waals surface area contributed by atoms with Gasteiger partial charge in [0.2, 0.25) is 0 Å². The number of piperazine rings is 1. The quantitative estimate of drug-likeness (QED) is 0.368. The normalized spacial score (nSPS) is 31.6. The standard InChI is InChI=1S/C11H22N4O2/c1-14-4-6-15(7-5-14)8-9-2-3-10(17-9)11(16)13-12/h9-10H,2-8,12H2,1H3,(H,13,16). The van der Waals surface area contributed by atoms with Crippen LogP contribution in [0.4, 0.5) is 0 Å². The third kappa shape index (κ3) is 3.38. The lowest BCUT2D eigenvalue weighted by molar-refractivity contribution is -0.132. The van der Waals surface area contributed by atoms with Crippen molar-refractivity contribution in [1.29, 1.82) is 0 Å². The number of nitrogens with zero attached hydrogens (tertiary/aromatic N) is 2. The fourth-order valence-corrected chi connectivity index (χ4v) is 2.44. The predicted octanol–water partition coefficient (Wildman–Crippen LogP) is -1.23. The molecule has 0 aromatic heterocycles. The summed E-state index contributed by atoms with van der Waals surface area (Å²) < 4.78 is 5.70. The number of nitrogens with two attached hydrogens (primary N) is 1. The first kappa shape index (κ1) is 12.8. The van der Waals surface area contributed by atoms with Crippen molar-refractivity contribution in [2.24, 2.45) is 5.84 Å². The minimum Gasteiger partial charge on any atom is -0.364 e. The number of ether oxygens (including phenoxy) is 1. The van der Waals surface area contributed by atoms with Crippen LogP contribution in [0.5, 0.6) is 0 Å². The molecule has 0 bridgehead atoms. The minimum absolute atomic E-state index is 0.181. The van der Waals surface area contributed by atoms with Gasteiger partial charge in [0.15, 0.2) is 0 Å². The van der Waals surface area contributed by atoms with E-state index in [4.69, 9.17) is 10.6 Å². The van der Waals surface area contributed by atoms with Crippen molar-refractivity contribution in [2.45, 2.75) is 25.0 Å². The zero-order chi connectivity index (χ0) is 12.3. The third-order valence-corrected chi connectivity index (χ3v) is 3.60. The summed E-state index contributed by atoms with van der Waals surface area (Å²) >= 11 is 0. The van der Waals surface area contributed by atoms with Gasteiger partial charge in [-0.15, -0.1) is 0 Å². The Morgan fingerprint density at radius 1 is 1.35 bits per heavy atom. The first-order valence-electron chi connectivity index (χ1n) is 6.26. The molecule has 6 nitrogen and oxygen atoms in total. The summed E-state index contributed by atoms with van der Waals surface area (Å²) in [5.41, 5.74) is 2.15. The minimum atomic E-state index is -0.350. The Bertz CT molecular complexity index is 266. The lowest BCUT2D eigenvalue weighted by Crippen LogP contribution is -2.47. The number of nitrogens with one attached hydrogen (secondary N) is 1. The Kier molecular flexibility index (Phi) is 4.33. The molecule has 3 N–H and O–H groups in total. The van der Waals surface area contributed by atoms with Gasteiger partial charge in [-0.25, -0.2) is 5.84 Å². The number of amides is 1. The van der Waals surface area contributed by atoms with Crippen LogP contribution in [0.2, 0.25) is 0 Å². The van der Waals surface area contributed by atoms with Crippen molar-refractivity contribution in [3.8, 4) is 0 Å². The van der Waals surface area contributed by atoms with Crippen molar-refractivity contribution in [3.63, 3.8) is 0 Å². The van der Waals surface area contributed by atoms with E-state index in [1.165, 1.54) is 0 Å². The summed E-state index contributed by atoms with van der Waals surface area (Å²) in [7, 11) is 2.14. The molecule has 2 saturated heterocycles. The molecule has 1 amide bonds. The van der Waals surface area contributed by atoms with Crippen LogP contribution in [0, 0.1) is 0 Å². The molecule has 0 aromatic carbocycles. The Hall–Kier alpha value is -0.690. The molecule has 0 aliphatic carbocycles. The van der Waals surface area contributed by atoms with Gasteiger partial charge in [-0.2, -0.15) is 0 Å². The van der Waals surface area contributed by atoms with Crippen LogP contribution in [0.3, 0.4) is 0 Å². The van der Waals surface area contributed by atoms with Gasteiger partial charge in [-0.05, 0) is 19.9 Å². The molecule has 2 rings (SSSR count). The average Bonchev–Trinajstić information content (AvgIpc) is 2.80. The van der Waals surface area contributed by atoms with Gasteiger partial charge >= 0.3 is 0 Å². The number of carbonyl (C=O) groups excluding carboxylic acids is 1. The fourth-order valence-electron chi connectivity index (χ4n) is 2.44. The van der Waals surface area contributed by atoms with E-state index in [1.54, 1.807) is 0 Å². The molecule has 0 aromatic rings. The van der Waals surface area contributed by atoms with Crippen LogP contribution in [0.15, 0.2) is 0 Å². The number of rotatable bonds is 3. The van der Waals surface area contributed by atoms with Crippen molar-refractivity contribution < 1.29 is 9.53 Å². The monoisotopic (exact) mass is 242 g/mol. The lowest BCUT2D eigenvalue weighted by Gasteiger charge is -2.33. The van der Waals surface area contributed by atoms with E-state index in [9.17, 15) is 4.79 Å². The van der Waals surface area contributed by atoms with Gasteiger partial charge in [0.25, 0.3) is 5.91 Å². The van der Waals surface area contributed by atoms with Crippen molar-refractivity contribution in [1.82, 2.24) is 15.2 Å². The highest BCUT2D eigenvalue weighted by Gasteiger charge is 2.31. The zero-order valence-corrected chi connectivity index (χ0v) is 10.4. The van der Waals surface area contributed by atoms with Crippen LogP contribution < -0.4 is 11.3 Å². The molecule has 0 saturated carbocycles. The van der Waals surface area contributed by atoms with Gasteiger partial charge in [-0.3, -0.25) is 15.1 Å². The highest BCUT2D eigenvalue weighted by molar-refractivity contribution is 5.80. The third-order valence-electron chi connectivity index (χ3n) is 3.60. The topological polar surface area (TPSA) is 70.8 Å². The maximum Gasteiger partial charge on any atom is 0.263 e. The largest absolute Gasteiger partial charge is 0.364 e. The lowest BCUT2D eigenvalue weighted by atomic mass is 10.1. The van der Waals surface area contributed by atoms with E-state index in [1.807, 2.05) is 0 Å². The molecule has 2 atom stereocenters. The first-order chi connectivity index (χ1) is 8.19. The molecule has 2 heterocycles. The first-order valence-corrected chi connectivity index (χ1v) is 6.26. The summed E-state index contributed by atoms with van der Waals surface area (Å²) in [6.45, 7) is 5.33. The van der Waals surface area contributed by atoms with Gasteiger partial charge in [0.05, 0.1) is 6.10 Å². The Labute approximate surface area is 102 Å². The smallest absolute Gasteiger partial charge is 0.263 e.